The van der Waals surface area contributed by atoms with E-state index in [2.05, 4.69) is 66.0 Å². The highest BCUT2D eigenvalue weighted by Gasteiger charge is 2.20. The fourth-order valence-electron chi connectivity index (χ4n) is 4.68. The second-order valence-electron chi connectivity index (χ2n) is 10.5. The van der Waals surface area contributed by atoms with Gasteiger partial charge in [0.05, 0.1) is 26.4 Å². The number of anilines is 1. The van der Waals surface area contributed by atoms with E-state index in [0.717, 1.165) is 35.8 Å². The van der Waals surface area contributed by atoms with E-state index in [1.165, 1.54) is 16.9 Å². The van der Waals surface area contributed by atoms with Crippen molar-refractivity contribution in [1.29, 1.82) is 10.5 Å². The Morgan fingerprint density at radius 1 is 0.913 bits per heavy atom. The van der Waals surface area contributed by atoms with Crippen molar-refractivity contribution in [3.05, 3.63) is 71.0 Å². The zero-order valence-electron chi connectivity index (χ0n) is 27.1. The number of hydrogen-bond acceptors (Lipinski definition) is 11. The van der Waals surface area contributed by atoms with Crippen LogP contribution in [0.1, 0.15) is 62.5 Å². The quantitative estimate of drug-likeness (QED) is 0.0850. The number of nitriles is 2. The lowest BCUT2D eigenvalue weighted by atomic mass is 9.98. The van der Waals surface area contributed by atoms with E-state index in [0.29, 0.717) is 55.3 Å². The predicted octanol–water partition coefficient (Wildman–Crippen LogP) is 7.62. The maximum absolute atomic E-state index is 9.92. The highest BCUT2D eigenvalue weighted by atomic mass is 32.1. The second-order valence-corrected chi connectivity index (χ2v) is 11.4. The number of rotatable bonds is 17. The molecule has 0 fully saturated rings. The van der Waals surface area contributed by atoms with E-state index in [4.69, 9.17) is 19.2 Å². The van der Waals surface area contributed by atoms with E-state index < -0.39 is 0 Å². The second kappa shape index (κ2) is 17.2. The normalized spacial score (nSPS) is 11.8. The minimum atomic E-state index is 0.0146. The highest BCUT2D eigenvalue weighted by Crippen LogP contribution is 2.41. The summed E-state index contributed by atoms with van der Waals surface area (Å²) in [5.41, 5.74) is 3.91. The van der Waals surface area contributed by atoms with Gasteiger partial charge in [0.15, 0.2) is 21.5 Å². The molecule has 2 aromatic heterocycles. The molecule has 0 aliphatic carbocycles. The van der Waals surface area contributed by atoms with Gasteiger partial charge in [0.1, 0.15) is 30.2 Å². The van der Waals surface area contributed by atoms with Crippen LogP contribution < -0.4 is 9.64 Å². The third kappa shape index (κ3) is 8.55. The smallest absolute Gasteiger partial charge is 0.252 e. The first-order valence-corrected chi connectivity index (χ1v) is 16.2. The Morgan fingerprint density at radius 3 is 2.26 bits per heavy atom. The molecule has 0 aliphatic rings. The van der Waals surface area contributed by atoms with Crippen LogP contribution in [-0.4, -0.2) is 61.2 Å². The van der Waals surface area contributed by atoms with Gasteiger partial charge in [-0.05, 0) is 61.6 Å². The number of benzene rings is 2. The fraction of sp³-hybridized carbons (Fsp3) is 0.412. The number of hydrogen-bond donors (Lipinski definition) is 0. The van der Waals surface area contributed by atoms with Gasteiger partial charge >= 0.3 is 0 Å². The molecule has 0 bridgehead atoms. The molecule has 0 N–H and O–H groups in total. The molecule has 2 heterocycles. The molecule has 0 radical (unpaired) electrons. The first kappa shape index (κ1) is 34.3. The maximum Gasteiger partial charge on any atom is 0.252 e. The number of aromatic nitrogens is 3. The van der Waals surface area contributed by atoms with Crippen molar-refractivity contribution >= 4 is 27.4 Å². The third-order valence-electron chi connectivity index (χ3n) is 7.58. The fourth-order valence-corrected chi connectivity index (χ4v) is 5.72. The summed E-state index contributed by atoms with van der Waals surface area (Å²) in [6, 6.07) is 20.1. The average Bonchev–Trinajstić information content (AvgIpc) is 3.66. The van der Waals surface area contributed by atoms with E-state index >= 15 is 0 Å². The molecule has 12 heteroatoms. The van der Waals surface area contributed by atoms with Crippen molar-refractivity contribution in [1.82, 2.24) is 14.5 Å². The number of methoxy groups -OCH3 is 1. The molecular formula is C34H40N8O3S. The molecule has 0 spiro atoms. The Labute approximate surface area is 274 Å². The molecule has 1 atom stereocenters. The van der Waals surface area contributed by atoms with Gasteiger partial charge in [0, 0.05) is 25.8 Å². The number of ether oxygens (including phenoxy) is 3. The van der Waals surface area contributed by atoms with Crippen LogP contribution in [0.15, 0.2) is 58.8 Å². The van der Waals surface area contributed by atoms with Gasteiger partial charge in [-0.25, -0.2) is 4.98 Å². The van der Waals surface area contributed by atoms with Crippen molar-refractivity contribution in [2.75, 3.05) is 51.5 Å². The third-order valence-corrected chi connectivity index (χ3v) is 8.58. The summed E-state index contributed by atoms with van der Waals surface area (Å²) in [6.45, 7) is 12.4. The van der Waals surface area contributed by atoms with Crippen LogP contribution in [-0.2, 0) is 16.0 Å². The summed E-state index contributed by atoms with van der Waals surface area (Å²) in [7, 11) is 1.64. The summed E-state index contributed by atoms with van der Waals surface area (Å²) < 4.78 is 17.9. The molecule has 240 valence electrons. The lowest BCUT2D eigenvalue weighted by Gasteiger charge is -2.16. The van der Waals surface area contributed by atoms with Gasteiger partial charge in [0.25, 0.3) is 5.95 Å². The molecule has 0 aliphatic heterocycles. The monoisotopic (exact) mass is 640 g/mol. The van der Waals surface area contributed by atoms with Crippen LogP contribution in [0.5, 0.6) is 5.75 Å². The zero-order chi connectivity index (χ0) is 32.9. The van der Waals surface area contributed by atoms with Gasteiger partial charge in [-0.1, -0.05) is 49.4 Å². The van der Waals surface area contributed by atoms with Crippen LogP contribution in [0.2, 0.25) is 0 Å². The van der Waals surface area contributed by atoms with Crippen molar-refractivity contribution in [3.8, 4) is 29.1 Å². The minimum absolute atomic E-state index is 0.0146. The molecule has 0 saturated carbocycles. The highest BCUT2D eigenvalue weighted by molar-refractivity contribution is 7.19. The van der Waals surface area contributed by atoms with Crippen LogP contribution in [0.3, 0.4) is 0 Å². The van der Waals surface area contributed by atoms with Crippen LogP contribution in [0.25, 0.3) is 11.3 Å². The standard InChI is InChI=1S/C34H40N8O3S/c1-6-24(4)26-11-9-25(10-12-26)23-42-30(22-36)29(21-35)37-33(42)40-39-32-31(38-34(46-32)41(7-2)8-3)27-13-15-28(16-14-27)45-20-19-44-18-17-43-5/h9-16,24H,6-8,17-20,23H2,1-5H3. The summed E-state index contributed by atoms with van der Waals surface area (Å²) in [5.74, 6) is 1.35. The van der Waals surface area contributed by atoms with Crippen molar-refractivity contribution in [2.45, 2.75) is 46.6 Å². The summed E-state index contributed by atoms with van der Waals surface area (Å²) in [4.78, 5) is 11.5. The Bertz CT molecular complexity index is 1660. The van der Waals surface area contributed by atoms with Gasteiger partial charge in [-0.2, -0.15) is 15.5 Å². The van der Waals surface area contributed by atoms with Gasteiger partial charge in [-0.15, -0.1) is 10.2 Å². The Hall–Kier alpha value is -4.62. The van der Waals surface area contributed by atoms with Crippen LogP contribution in [0.4, 0.5) is 16.1 Å². The average molecular weight is 641 g/mol. The van der Waals surface area contributed by atoms with Crippen molar-refractivity contribution in [3.63, 3.8) is 0 Å². The molecule has 0 saturated heterocycles. The predicted molar refractivity (Wildman–Crippen MR) is 179 cm³/mol. The lowest BCUT2D eigenvalue weighted by Crippen LogP contribution is -2.21. The first-order valence-electron chi connectivity index (χ1n) is 15.4. The van der Waals surface area contributed by atoms with E-state index in [1.807, 2.05) is 42.5 Å². The molecule has 4 rings (SSSR count). The molecule has 2 aromatic carbocycles. The Morgan fingerprint density at radius 2 is 1.63 bits per heavy atom. The van der Waals surface area contributed by atoms with Crippen molar-refractivity contribution < 1.29 is 14.2 Å². The van der Waals surface area contributed by atoms with Gasteiger partial charge < -0.3 is 19.1 Å². The zero-order valence-corrected chi connectivity index (χ0v) is 27.9. The Kier molecular flexibility index (Phi) is 12.8. The number of imidazole rings is 1. The molecule has 46 heavy (non-hydrogen) atoms. The summed E-state index contributed by atoms with van der Waals surface area (Å²) in [6.07, 6.45) is 1.05. The number of azo groups is 1. The number of nitrogens with zero attached hydrogens (tertiary/aromatic N) is 8. The molecule has 11 nitrogen and oxygen atoms in total. The van der Waals surface area contributed by atoms with E-state index in [1.54, 1.807) is 11.7 Å². The van der Waals surface area contributed by atoms with E-state index in [9.17, 15) is 10.5 Å². The first-order chi connectivity index (χ1) is 22.5. The molecule has 0 amide bonds. The lowest BCUT2D eigenvalue weighted by molar-refractivity contribution is 0.0544. The van der Waals surface area contributed by atoms with Crippen LogP contribution in [0, 0.1) is 22.7 Å². The Balaban J connectivity index is 1.63. The van der Waals surface area contributed by atoms with E-state index in [-0.39, 0.29) is 17.3 Å². The maximum atomic E-state index is 9.92. The molecular weight excluding hydrogens is 600 g/mol. The summed E-state index contributed by atoms with van der Waals surface area (Å²) in [5, 5.41) is 30.1. The topological polar surface area (TPSA) is 134 Å². The number of thiazole rings is 1. The molecule has 4 aromatic rings. The minimum Gasteiger partial charge on any atom is -0.491 e. The SMILES string of the molecule is CCC(C)c1ccc(Cn2c(N=Nc3sc(N(CC)CC)nc3-c3ccc(OCCOCCOC)cc3)nc(C#N)c2C#N)cc1. The van der Waals surface area contributed by atoms with Crippen LogP contribution >= 0.6 is 11.3 Å². The largest absolute Gasteiger partial charge is 0.491 e. The van der Waals surface area contributed by atoms with Crippen molar-refractivity contribution in [2.24, 2.45) is 10.2 Å². The summed E-state index contributed by atoms with van der Waals surface area (Å²) >= 11 is 1.43. The molecule has 1 unspecified atom stereocenters. The van der Waals surface area contributed by atoms with Gasteiger partial charge in [0.2, 0.25) is 0 Å². The van der Waals surface area contributed by atoms with Gasteiger partial charge in [-0.3, -0.25) is 4.57 Å².